The summed E-state index contributed by atoms with van der Waals surface area (Å²) in [6, 6.07) is 17.8. The Hall–Kier alpha value is -2.92. The normalized spacial score (nSPS) is 10.8. The molecule has 0 bridgehead atoms. The average molecular weight is 348 g/mol. The first-order valence-electron chi connectivity index (χ1n) is 8.03. The number of nitrogens with zero attached hydrogens (tertiary/aromatic N) is 2. The summed E-state index contributed by atoms with van der Waals surface area (Å²) in [5.74, 6) is 2.10. The molecule has 2 aromatic heterocycles. The van der Waals surface area contributed by atoms with Crippen molar-refractivity contribution in [2.45, 2.75) is 6.92 Å². The molecule has 0 aliphatic rings. The van der Waals surface area contributed by atoms with Crippen LogP contribution in [0.15, 0.2) is 66.3 Å². The minimum Gasteiger partial charge on any atom is -0.494 e. The molecule has 0 aliphatic carbocycles. The average Bonchev–Trinajstić information content (AvgIpc) is 3.10. The Labute approximate surface area is 149 Å². The molecule has 2 aromatic carbocycles. The van der Waals surface area contributed by atoms with Crippen molar-refractivity contribution in [2.75, 3.05) is 6.61 Å². The summed E-state index contributed by atoms with van der Waals surface area (Å²) in [6.45, 7) is 2.60. The lowest BCUT2D eigenvalue weighted by Gasteiger charge is -2.08. The summed E-state index contributed by atoms with van der Waals surface area (Å²) in [5.41, 5.74) is 2.21. The molecule has 25 heavy (non-hydrogen) atoms. The molecule has 5 heteroatoms. The summed E-state index contributed by atoms with van der Waals surface area (Å²) in [7, 11) is 0. The highest BCUT2D eigenvalue weighted by molar-refractivity contribution is 7.17. The first-order valence-corrected chi connectivity index (χ1v) is 8.91. The maximum atomic E-state index is 6.05. The van der Waals surface area contributed by atoms with E-state index in [4.69, 9.17) is 9.47 Å². The molecule has 0 saturated carbocycles. The van der Waals surface area contributed by atoms with Crippen molar-refractivity contribution in [3.05, 3.63) is 66.3 Å². The number of benzene rings is 2. The summed E-state index contributed by atoms with van der Waals surface area (Å²) in [5, 5.41) is 3.03. The van der Waals surface area contributed by atoms with Crippen molar-refractivity contribution in [2.24, 2.45) is 0 Å². The Balaban J connectivity index is 1.73. The van der Waals surface area contributed by atoms with Gasteiger partial charge in [-0.15, -0.1) is 11.3 Å². The van der Waals surface area contributed by atoms with Crippen molar-refractivity contribution in [1.82, 2.24) is 9.97 Å². The van der Waals surface area contributed by atoms with Crippen LogP contribution in [0.2, 0.25) is 0 Å². The third kappa shape index (κ3) is 3.19. The van der Waals surface area contributed by atoms with Gasteiger partial charge in [0.05, 0.1) is 12.0 Å². The van der Waals surface area contributed by atoms with Crippen LogP contribution in [0.4, 0.5) is 0 Å². The van der Waals surface area contributed by atoms with Crippen molar-refractivity contribution in [3.63, 3.8) is 0 Å². The van der Waals surface area contributed by atoms with Gasteiger partial charge >= 0.3 is 0 Å². The van der Waals surface area contributed by atoms with E-state index in [2.05, 4.69) is 27.5 Å². The van der Waals surface area contributed by atoms with Crippen LogP contribution in [-0.2, 0) is 0 Å². The van der Waals surface area contributed by atoms with Gasteiger partial charge in [0.1, 0.15) is 22.7 Å². The quantitative estimate of drug-likeness (QED) is 0.474. The molecule has 0 unspecified atom stereocenters. The molecule has 4 rings (SSSR count). The number of rotatable bonds is 5. The molecular formula is C20H16N2O2S. The van der Waals surface area contributed by atoms with Gasteiger partial charge in [-0.25, -0.2) is 9.97 Å². The lowest BCUT2D eigenvalue weighted by Crippen LogP contribution is -1.93. The van der Waals surface area contributed by atoms with Crippen LogP contribution in [0.25, 0.3) is 21.3 Å². The van der Waals surface area contributed by atoms with Crippen LogP contribution < -0.4 is 9.47 Å². The van der Waals surface area contributed by atoms with Crippen LogP contribution in [0, 0.1) is 0 Å². The topological polar surface area (TPSA) is 44.2 Å². The number of hydrogen-bond donors (Lipinski definition) is 0. The molecule has 0 spiro atoms. The van der Waals surface area contributed by atoms with Crippen molar-refractivity contribution < 1.29 is 9.47 Å². The molecule has 0 N–H and O–H groups in total. The number of thiophene rings is 1. The molecule has 0 saturated heterocycles. The zero-order valence-corrected chi connectivity index (χ0v) is 14.5. The fourth-order valence-electron chi connectivity index (χ4n) is 2.64. The summed E-state index contributed by atoms with van der Waals surface area (Å²) < 4.78 is 11.5. The predicted octanol–water partition coefficient (Wildman–Crippen LogP) is 5.55. The third-order valence-electron chi connectivity index (χ3n) is 3.77. The van der Waals surface area contributed by atoms with Crippen molar-refractivity contribution in [3.8, 4) is 28.5 Å². The Kier molecular flexibility index (Phi) is 4.31. The minimum atomic E-state index is 0.564. The van der Waals surface area contributed by atoms with Crippen LogP contribution in [0.5, 0.6) is 17.4 Å². The predicted molar refractivity (Wildman–Crippen MR) is 101 cm³/mol. The highest BCUT2D eigenvalue weighted by Crippen LogP contribution is 2.38. The summed E-state index contributed by atoms with van der Waals surface area (Å²) >= 11 is 1.59. The molecule has 0 atom stereocenters. The second-order valence-corrected chi connectivity index (χ2v) is 6.24. The maximum absolute atomic E-state index is 6.05. The second-order valence-electron chi connectivity index (χ2n) is 5.38. The van der Waals surface area contributed by atoms with Gasteiger partial charge in [-0.1, -0.05) is 30.3 Å². The first kappa shape index (κ1) is 15.6. The van der Waals surface area contributed by atoms with Gasteiger partial charge in [-0.2, -0.15) is 0 Å². The van der Waals surface area contributed by atoms with Crippen molar-refractivity contribution >= 4 is 21.6 Å². The van der Waals surface area contributed by atoms with E-state index in [1.165, 1.54) is 6.33 Å². The number of hydrogen-bond acceptors (Lipinski definition) is 5. The largest absolute Gasteiger partial charge is 0.494 e. The fraction of sp³-hybridized carbons (Fsp3) is 0.100. The van der Waals surface area contributed by atoms with Gasteiger partial charge in [0.25, 0.3) is 0 Å². The molecule has 4 aromatic rings. The number of aromatic nitrogens is 2. The molecule has 2 heterocycles. The van der Waals surface area contributed by atoms with Crippen LogP contribution in [-0.4, -0.2) is 16.6 Å². The molecule has 0 fully saturated rings. The molecule has 0 aliphatic heterocycles. The number of ether oxygens (including phenoxy) is 2. The summed E-state index contributed by atoms with van der Waals surface area (Å²) in [6.07, 6.45) is 1.54. The van der Waals surface area contributed by atoms with Gasteiger partial charge in [-0.3, -0.25) is 0 Å². The lowest BCUT2D eigenvalue weighted by atomic mass is 10.1. The van der Waals surface area contributed by atoms with E-state index < -0.39 is 0 Å². The molecule has 0 radical (unpaired) electrons. The minimum absolute atomic E-state index is 0.564. The van der Waals surface area contributed by atoms with E-state index in [9.17, 15) is 0 Å². The molecule has 0 amide bonds. The Morgan fingerprint density at radius 3 is 2.44 bits per heavy atom. The highest BCUT2D eigenvalue weighted by atomic mass is 32.1. The second kappa shape index (κ2) is 6.91. The van der Waals surface area contributed by atoms with Gasteiger partial charge < -0.3 is 9.47 Å². The van der Waals surface area contributed by atoms with E-state index in [1.807, 2.05) is 49.4 Å². The first-order chi connectivity index (χ1) is 12.3. The van der Waals surface area contributed by atoms with Gasteiger partial charge in [0.15, 0.2) is 0 Å². The maximum Gasteiger partial charge on any atom is 0.231 e. The van der Waals surface area contributed by atoms with E-state index in [0.29, 0.717) is 18.2 Å². The van der Waals surface area contributed by atoms with E-state index in [0.717, 1.165) is 27.1 Å². The standard InChI is InChI=1S/C20H16N2O2S/c1-2-23-15-8-10-16(11-9-15)24-19-18-17(14-6-4-3-5-7-14)12-25-20(18)22-13-21-19/h3-13H,2H2,1H3. The van der Waals surface area contributed by atoms with E-state index in [1.54, 1.807) is 11.3 Å². The summed E-state index contributed by atoms with van der Waals surface area (Å²) in [4.78, 5) is 9.65. The van der Waals surface area contributed by atoms with Gasteiger partial charge in [0.2, 0.25) is 5.88 Å². The molecular weight excluding hydrogens is 332 g/mol. The number of fused-ring (bicyclic) bond motifs is 1. The van der Waals surface area contributed by atoms with E-state index in [-0.39, 0.29) is 0 Å². The molecule has 4 nitrogen and oxygen atoms in total. The fourth-order valence-corrected chi connectivity index (χ4v) is 3.54. The van der Waals surface area contributed by atoms with Crippen LogP contribution in [0.1, 0.15) is 6.92 Å². The smallest absolute Gasteiger partial charge is 0.231 e. The van der Waals surface area contributed by atoms with Crippen LogP contribution in [0.3, 0.4) is 0 Å². The zero-order chi connectivity index (χ0) is 17.1. The third-order valence-corrected chi connectivity index (χ3v) is 4.66. The highest BCUT2D eigenvalue weighted by Gasteiger charge is 2.14. The van der Waals surface area contributed by atoms with E-state index >= 15 is 0 Å². The van der Waals surface area contributed by atoms with Gasteiger partial charge in [-0.05, 0) is 36.8 Å². The Morgan fingerprint density at radius 2 is 1.68 bits per heavy atom. The lowest BCUT2D eigenvalue weighted by molar-refractivity contribution is 0.339. The molecule has 124 valence electrons. The monoisotopic (exact) mass is 348 g/mol. The van der Waals surface area contributed by atoms with Gasteiger partial charge in [0, 0.05) is 10.9 Å². The zero-order valence-electron chi connectivity index (χ0n) is 13.7. The van der Waals surface area contributed by atoms with Crippen molar-refractivity contribution in [1.29, 1.82) is 0 Å². The SMILES string of the molecule is CCOc1ccc(Oc2ncnc3scc(-c4ccccc4)c23)cc1. The Morgan fingerprint density at radius 1 is 0.920 bits per heavy atom. The van der Waals surface area contributed by atoms with Crippen LogP contribution >= 0.6 is 11.3 Å². The Bertz CT molecular complexity index is 982.